The minimum absolute atomic E-state index is 0.504. The Hall–Kier alpha value is 0.0969. The van der Waals surface area contributed by atoms with E-state index in [1.54, 1.807) is 14.2 Å². The van der Waals surface area contributed by atoms with Crippen LogP contribution in [0.1, 0.15) is 52.4 Å². The van der Waals surface area contributed by atoms with Crippen molar-refractivity contribution < 1.29 is 13.9 Å². The second kappa shape index (κ2) is 10.3. The largest absolute Gasteiger partial charge is 0.376 e. The van der Waals surface area contributed by atoms with E-state index >= 15 is 0 Å². The first-order valence-electron chi connectivity index (χ1n) is 6.42. The molecule has 0 aromatic carbocycles. The van der Waals surface area contributed by atoms with Crippen molar-refractivity contribution in [1.29, 1.82) is 0 Å². The lowest BCUT2D eigenvalue weighted by Gasteiger charge is -2.26. The van der Waals surface area contributed by atoms with Crippen LogP contribution in [0.15, 0.2) is 0 Å². The Morgan fingerprint density at radius 3 is 2.06 bits per heavy atom. The number of ether oxygens (including phenoxy) is 2. The van der Waals surface area contributed by atoms with E-state index in [4.69, 9.17) is 13.9 Å². The van der Waals surface area contributed by atoms with Gasteiger partial charge in [-0.25, -0.2) is 0 Å². The quantitative estimate of drug-likeness (QED) is 0.320. The van der Waals surface area contributed by atoms with Crippen molar-refractivity contribution >= 4 is 9.76 Å². The van der Waals surface area contributed by atoms with Crippen molar-refractivity contribution in [2.45, 2.75) is 64.4 Å². The highest BCUT2D eigenvalue weighted by atomic mass is 28.2. The number of methoxy groups -OCH3 is 2. The van der Waals surface area contributed by atoms with Crippen LogP contribution in [-0.4, -0.2) is 30.0 Å². The van der Waals surface area contributed by atoms with Gasteiger partial charge in [-0.3, -0.25) is 0 Å². The third-order valence-corrected chi connectivity index (χ3v) is 4.37. The van der Waals surface area contributed by atoms with E-state index in [9.17, 15) is 0 Å². The molecule has 0 rings (SSSR count). The zero-order valence-electron chi connectivity index (χ0n) is 11.4. The summed E-state index contributed by atoms with van der Waals surface area (Å²) < 4.78 is 15.9. The molecule has 0 saturated heterocycles. The lowest BCUT2D eigenvalue weighted by Crippen LogP contribution is -2.34. The van der Waals surface area contributed by atoms with Gasteiger partial charge < -0.3 is 13.9 Å². The molecule has 3 nitrogen and oxygen atoms in total. The molecular formula is C12H28O3Si. The van der Waals surface area contributed by atoms with Gasteiger partial charge >= 0.3 is 0 Å². The molecule has 0 aliphatic carbocycles. The molecule has 0 bridgehead atoms. The third-order valence-electron chi connectivity index (χ3n) is 2.85. The summed E-state index contributed by atoms with van der Waals surface area (Å²) in [5, 5.41) is 0. The summed E-state index contributed by atoms with van der Waals surface area (Å²) in [7, 11) is 2.72. The van der Waals surface area contributed by atoms with Crippen LogP contribution in [0, 0.1) is 0 Å². The maximum atomic E-state index is 5.65. The Kier molecular flexibility index (Phi) is 10.3. The summed E-state index contributed by atoms with van der Waals surface area (Å²) in [6.07, 6.45) is 8.07. The Labute approximate surface area is 103 Å². The minimum atomic E-state index is -0.811. The molecule has 0 N–H and O–H groups in total. The highest BCUT2D eigenvalue weighted by molar-refractivity contribution is 6.27. The van der Waals surface area contributed by atoms with Gasteiger partial charge in [0.1, 0.15) is 0 Å². The smallest absolute Gasteiger partial charge is 0.269 e. The first-order chi connectivity index (χ1) is 7.68. The van der Waals surface area contributed by atoms with Crippen molar-refractivity contribution in [3.8, 4) is 0 Å². The minimum Gasteiger partial charge on any atom is -0.376 e. The zero-order valence-corrected chi connectivity index (χ0v) is 12.8. The van der Waals surface area contributed by atoms with E-state index in [-0.39, 0.29) is 0 Å². The normalized spacial score (nSPS) is 12.8. The molecule has 0 atom stereocenters. The van der Waals surface area contributed by atoms with E-state index < -0.39 is 15.7 Å². The van der Waals surface area contributed by atoms with Crippen molar-refractivity contribution in [2.75, 3.05) is 14.2 Å². The summed E-state index contributed by atoms with van der Waals surface area (Å²) in [4.78, 5) is 0. The molecule has 0 aromatic rings. The molecule has 0 heterocycles. The molecule has 0 unspecified atom stereocenters. The van der Waals surface area contributed by atoms with Gasteiger partial charge in [0.05, 0.1) is 0 Å². The Balaban J connectivity index is 3.26. The van der Waals surface area contributed by atoms with Crippen LogP contribution in [0.5, 0.6) is 0 Å². The molecule has 0 radical (unpaired) electrons. The van der Waals surface area contributed by atoms with Gasteiger partial charge in [-0.2, -0.15) is 0 Å². The van der Waals surface area contributed by atoms with Gasteiger partial charge in [-0.15, -0.1) is 0 Å². The van der Waals surface area contributed by atoms with E-state index in [0.717, 1.165) is 0 Å². The standard InChI is InChI=1S/C12H28O3Si/c1-5-6-7-8-9-10-11-16-15-12(2,13-3)14-4/h5-11,16H2,1-4H3. The lowest BCUT2D eigenvalue weighted by atomic mass is 10.1. The van der Waals surface area contributed by atoms with Crippen LogP contribution < -0.4 is 0 Å². The van der Waals surface area contributed by atoms with E-state index in [0.29, 0.717) is 0 Å². The Morgan fingerprint density at radius 1 is 0.938 bits per heavy atom. The average Bonchev–Trinajstić information content (AvgIpc) is 2.32. The molecule has 0 spiro atoms. The van der Waals surface area contributed by atoms with Gasteiger partial charge in [0.2, 0.25) is 0 Å². The predicted octanol–water partition coefficient (Wildman–Crippen LogP) is 2.83. The van der Waals surface area contributed by atoms with E-state index in [1.807, 2.05) is 6.92 Å². The van der Waals surface area contributed by atoms with Crippen molar-refractivity contribution in [3.63, 3.8) is 0 Å². The molecule has 0 aliphatic heterocycles. The van der Waals surface area contributed by atoms with Gasteiger partial charge in [0.15, 0.2) is 9.76 Å². The van der Waals surface area contributed by atoms with Crippen molar-refractivity contribution in [2.24, 2.45) is 0 Å². The van der Waals surface area contributed by atoms with Crippen LogP contribution in [0.4, 0.5) is 0 Å². The number of rotatable bonds is 11. The zero-order chi connectivity index (χ0) is 12.3. The summed E-state index contributed by atoms with van der Waals surface area (Å²) in [6.45, 7) is 4.07. The van der Waals surface area contributed by atoms with Gasteiger partial charge in [-0.05, 0) is 6.04 Å². The predicted molar refractivity (Wildman–Crippen MR) is 70.2 cm³/mol. The second-order valence-corrected chi connectivity index (χ2v) is 5.64. The average molecular weight is 248 g/mol. The molecule has 0 aromatic heterocycles. The maximum absolute atomic E-state index is 5.65. The van der Waals surface area contributed by atoms with Gasteiger partial charge in [0, 0.05) is 21.1 Å². The molecule has 0 amide bonds. The first kappa shape index (κ1) is 16.1. The molecular weight excluding hydrogens is 220 g/mol. The molecule has 98 valence electrons. The molecule has 4 heteroatoms. The fraction of sp³-hybridized carbons (Fsp3) is 1.00. The fourth-order valence-electron chi connectivity index (χ4n) is 1.52. The van der Waals surface area contributed by atoms with E-state index in [2.05, 4.69) is 6.92 Å². The topological polar surface area (TPSA) is 27.7 Å². The van der Waals surface area contributed by atoms with Crippen LogP contribution >= 0.6 is 0 Å². The van der Waals surface area contributed by atoms with Crippen LogP contribution in [0.3, 0.4) is 0 Å². The lowest BCUT2D eigenvalue weighted by molar-refractivity contribution is -0.310. The highest BCUT2D eigenvalue weighted by Gasteiger charge is 2.22. The third kappa shape index (κ3) is 8.27. The molecule has 0 fully saturated rings. The molecule has 0 aliphatic rings. The monoisotopic (exact) mass is 248 g/mol. The van der Waals surface area contributed by atoms with E-state index in [1.165, 1.54) is 44.6 Å². The fourth-order valence-corrected chi connectivity index (χ4v) is 2.83. The first-order valence-corrected chi connectivity index (χ1v) is 8.00. The molecule has 0 saturated carbocycles. The summed E-state index contributed by atoms with van der Waals surface area (Å²) in [5.41, 5.74) is 0. The van der Waals surface area contributed by atoms with Gasteiger partial charge in [0.25, 0.3) is 5.97 Å². The second-order valence-electron chi connectivity index (χ2n) is 4.24. The number of unbranched alkanes of at least 4 members (excludes halogenated alkanes) is 5. The maximum Gasteiger partial charge on any atom is 0.269 e. The van der Waals surface area contributed by atoms with Crippen LogP contribution in [0.2, 0.25) is 6.04 Å². The Bertz CT molecular complexity index is 149. The number of hydrogen-bond acceptors (Lipinski definition) is 3. The van der Waals surface area contributed by atoms with Crippen molar-refractivity contribution in [1.82, 2.24) is 0 Å². The summed E-state index contributed by atoms with van der Waals surface area (Å²) in [5.74, 6) is -0.811. The summed E-state index contributed by atoms with van der Waals surface area (Å²) in [6, 6.07) is 1.22. The van der Waals surface area contributed by atoms with Crippen LogP contribution in [0.25, 0.3) is 0 Å². The van der Waals surface area contributed by atoms with Crippen molar-refractivity contribution in [3.05, 3.63) is 0 Å². The molecule has 16 heavy (non-hydrogen) atoms. The Morgan fingerprint density at radius 2 is 1.50 bits per heavy atom. The number of hydrogen-bond donors (Lipinski definition) is 0. The highest BCUT2D eigenvalue weighted by Crippen LogP contribution is 2.12. The SMILES string of the molecule is CCCCCCCC[SiH2]OC(C)(OC)OC. The summed E-state index contributed by atoms with van der Waals surface area (Å²) >= 11 is 0. The van der Waals surface area contributed by atoms with Crippen LogP contribution in [-0.2, 0) is 13.9 Å². The van der Waals surface area contributed by atoms with Gasteiger partial charge in [-0.1, -0.05) is 45.4 Å².